The van der Waals surface area contributed by atoms with E-state index in [4.69, 9.17) is 22.8 Å². The van der Waals surface area contributed by atoms with Gasteiger partial charge in [-0.05, 0) is 32.1 Å². The van der Waals surface area contributed by atoms with E-state index < -0.39 is 8.80 Å². The lowest BCUT2D eigenvalue weighted by Crippen LogP contribution is -2.46. The Bertz CT molecular complexity index is 267. The predicted molar refractivity (Wildman–Crippen MR) is 80.9 cm³/mol. The smallest absolute Gasteiger partial charge is 0.377 e. The molecule has 2 saturated heterocycles. The van der Waals surface area contributed by atoms with Gasteiger partial charge in [-0.15, -0.1) is 0 Å². The van der Waals surface area contributed by atoms with Crippen molar-refractivity contribution in [2.75, 3.05) is 41.1 Å². The highest BCUT2D eigenvalue weighted by atomic mass is 28.4. The largest absolute Gasteiger partial charge is 0.500 e. The van der Waals surface area contributed by atoms with Gasteiger partial charge in [0.2, 0.25) is 0 Å². The molecule has 2 atom stereocenters. The van der Waals surface area contributed by atoms with Gasteiger partial charge in [-0.2, -0.15) is 0 Å². The van der Waals surface area contributed by atoms with Crippen molar-refractivity contribution in [2.45, 2.75) is 50.6 Å². The number of ether oxygens (including phenoxy) is 2. The molecule has 2 heterocycles. The topological polar surface area (TPSA) is 49.4 Å². The molecule has 124 valence electrons. The molecule has 7 heteroatoms. The van der Waals surface area contributed by atoms with Crippen molar-refractivity contribution in [3.63, 3.8) is 0 Å². The minimum Gasteiger partial charge on any atom is -0.377 e. The zero-order chi connectivity index (χ0) is 15.1. The van der Waals surface area contributed by atoms with Crippen molar-refractivity contribution >= 4 is 8.80 Å². The van der Waals surface area contributed by atoms with E-state index in [0.717, 1.165) is 57.9 Å². The Morgan fingerprint density at radius 3 is 1.86 bits per heavy atom. The van der Waals surface area contributed by atoms with E-state index in [9.17, 15) is 0 Å². The summed E-state index contributed by atoms with van der Waals surface area (Å²) in [5.74, 6) is 0. The Hall–Kier alpha value is -0.0231. The molecule has 0 saturated carbocycles. The zero-order valence-electron chi connectivity index (χ0n) is 13.5. The quantitative estimate of drug-likeness (QED) is 0.604. The van der Waals surface area contributed by atoms with E-state index in [0.29, 0.717) is 0 Å². The maximum Gasteiger partial charge on any atom is 0.500 e. The van der Waals surface area contributed by atoms with Gasteiger partial charge in [-0.1, -0.05) is 0 Å². The fourth-order valence-corrected chi connectivity index (χ4v) is 4.86. The second kappa shape index (κ2) is 8.57. The molecule has 0 aromatic carbocycles. The average molecular weight is 319 g/mol. The number of rotatable bonds is 9. The van der Waals surface area contributed by atoms with Crippen molar-refractivity contribution in [3.8, 4) is 0 Å². The van der Waals surface area contributed by atoms with Gasteiger partial charge in [0.05, 0.1) is 0 Å². The fraction of sp³-hybridized carbons (Fsp3) is 1.00. The van der Waals surface area contributed by atoms with Crippen LogP contribution in [-0.2, 0) is 22.8 Å². The molecule has 0 bridgehead atoms. The van der Waals surface area contributed by atoms with E-state index in [-0.39, 0.29) is 12.5 Å². The second-order valence-corrected chi connectivity index (χ2v) is 8.66. The minimum atomic E-state index is -2.47. The maximum atomic E-state index is 5.85. The summed E-state index contributed by atoms with van der Waals surface area (Å²) in [6, 6.07) is 0.812. The van der Waals surface area contributed by atoms with E-state index in [1.54, 1.807) is 21.3 Å². The van der Waals surface area contributed by atoms with Crippen LogP contribution >= 0.6 is 0 Å². The highest BCUT2D eigenvalue weighted by Crippen LogP contribution is 2.26. The molecule has 0 aliphatic carbocycles. The van der Waals surface area contributed by atoms with Crippen LogP contribution in [0.2, 0.25) is 6.04 Å². The first-order valence-corrected chi connectivity index (χ1v) is 9.82. The molecule has 2 aliphatic rings. The van der Waals surface area contributed by atoms with E-state index >= 15 is 0 Å². The van der Waals surface area contributed by atoms with Crippen molar-refractivity contribution in [1.29, 1.82) is 0 Å². The molecule has 21 heavy (non-hydrogen) atoms. The van der Waals surface area contributed by atoms with Crippen LogP contribution in [0.15, 0.2) is 0 Å². The molecule has 0 aromatic heterocycles. The lowest BCUT2D eigenvalue weighted by molar-refractivity contribution is -0.117. The predicted octanol–water partition coefficient (Wildman–Crippen LogP) is 1.83. The Labute approximate surface area is 129 Å². The Morgan fingerprint density at radius 2 is 1.48 bits per heavy atom. The molecule has 0 N–H and O–H groups in total. The van der Waals surface area contributed by atoms with Crippen LogP contribution in [0, 0.1) is 0 Å². The van der Waals surface area contributed by atoms with Crippen LogP contribution in [-0.4, -0.2) is 67.2 Å². The summed E-state index contributed by atoms with van der Waals surface area (Å²) >= 11 is 0. The highest BCUT2D eigenvalue weighted by Gasteiger charge is 2.38. The zero-order valence-corrected chi connectivity index (χ0v) is 14.5. The Morgan fingerprint density at radius 1 is 0.952 bits per heavy atom. The molecule has 0 aromatic rings. The maximum absolute atomic E-state index is 5.85. The van der Waals surface area contributed by atoms with Gasteiger partial charge < -0.3 is 22.8 Å². The van der Waals surface area contributed by atoms with Gasteiger partial charge in [0.15, 0.2) is 0 Å². The standard InChI is InChI=1S/C14H29NO5Si/c1-16-21(17-2,18-3)12-6-9-15(13-7-4-10-19-13)14-8-5-11-20-14/h13-14H,4-12H2,1-3H3. The third kappa shape index (κ3) is 4.48. The first-order chi connectivity index (χ1) is 10.2. The monoisotopic (exact) mass is 319 g/mol. The summed E-state index contributed by atoms with van der Waals surface area (Å²) in [4.78, 5) is 2.38. The van der Waals surface area contributed by atoms with Gasteiger partial charge in [0.1, 0.15) is 12.5 Å². The van der Waals surface area contributed by atoms with Crippen LogP contribution < -0.4 is 0 Å². The van der Waals surface area contributed by atoms with Gasteiger partial charge in [0, 0.05) is 47.1 Å². The summed E-state index contributed by atoms with van der Waals surface area (Å²) in [6.07, 6.45) is 5.85. The Balaban J connectivity index is 1.86. The number of hydrogen-bond donors (Lipinski definition) is 0. The molecule has 2 rings (SSSR count). The summed E-state index contributed by atoms with van der Waals surface area (Å²) in [5, 5.41) is 0. The average Bonchev–Trinajstić information content (AvgIpc) is 3.22. The molecule has 2 fully saturated rings. The third-order valence-corrected chi connectivity index (χ3v) is 7.22. The first-order valence-electron chi connectivity index (χ1n) is 7.89. The van der Waals surface area contributed by atoms with Crippen molar-refractivity contribution in [1.82, 2.24) is 4.90 Å². The summed E-state index contributed by atoms with van der Waals surface area (Å²) in [5.41, 5.74) is 0. The summed E-state index contributed by atoms with van der Waals surface area (Å²) in [6.45, 7) is 2.65. The highest BCUT2D eigenvalue weighted by molar-refractivity contribution is 6.60. The molecule has 0 radical (unpaired) electrons. The minimum absolute atomic E-state index is 0.205. The molecule has 0 amide bonds. The van der Waals surface area contributed by atoms with Crippen molar-refractivity contribution < 1.29 is 22.8 Å². The third-order valence-electron chi connectivity index (χ3n) is 4.38. The fourth-order valence-electron chi connectivity index (χ4n) is 3.15. The lowest BCUT2D eigenvalue weighted by atomic mass is 10.2. The second-order valence-electron chi connectivity index (χ2n) is 5.57. The molecule has 2 unspecified atom stereocenters. The number of hydrogen-bond acceptors (Lipinski definition) is 6. The van der Waals surface area contributed by atoms with Gasteiger partial charge in [0.25, 0.3) is 0 Å². The summed E-state index contributed by atoms with van der Waals surface area (Å²) in [7, 11) is 2.52. The van der Waals surface area contributed by atoms with Gasteiger partial charge >= 0.3 is 8.80 Å². The number of nitrogens with zero attached hydrogens (tertiary/aromatic N) is 1. The Kier molecular flexibility index (Phi) is 7.07. The van der Waals surface area contributed by atoms with Crippen LogP contribution in [0.3, 0.4) is 0 Å². The van der Waals surface area contributed by atoms with Gasteiger partial charge in [-0.3, -0.25) is 4.90 Å². The molecular weight excluding hydrogens is 290 g/mol. The van der Waals surface area contributed by atoms with E-state index in [2.05, 4.69) is 4.90 Å². The van der Waals surface area contributed by atoms with Crippen molar-refractivity contribution in [2.24, 2.45) is 0 Å². The van der Waals surface area contributed by atoms with E-state index in [1.807, 2.05) is 0 Å². The SMILES string of the molecule is CO[Si](CCCN(C1CCCO1)C1CCCO1)(OC)OC. The van der Waals surface area contributed by atoms with Crippen LogP contribution in [0.1, 0.15) is 32.1 Å². The molecule has 2 aliphatic heterocycles. The van der Waals surface area contributed by atoms with Crippen LogP contribution in [0.4, 0.5) is 0 Å². The van der Waals surface area contributed by atoms with Crippen molar-refractivity contribution in [3.05, 3.63) is 0 Å². The van der Waals surface area contributed by atoms with Crippen LogP contribution in [0.25, 0.3) is 0 Å². The molecule has 6 nitrogen and oxygen atoms in total. The summed E-state index contributed by atoms with van der Waals surface area (Å²) < 4.78 is 28.2. The first kappa shape index (κ1) is 17.3. The normalized spacial score (nSPS) is 26.9. The lowest BCUT2D eigenvalue weighted by Gasteiger charge is -2.33. The van der Waals surface area contributed by atoms with E-state index in [1.165, 1.54) is 0 Å². The van der Waals surface area contributed by atoms with Crippen LogP contribution in [0.5, 0.6) is 0 Å². The van der Waals surface area contributed by atoms with Gasteiger partial charge in [-0.25, -0.2) is 0 Å². The molecular formula is C14H29NO5Si. The molecule has 0 spiro atoms.